The zero-order valence-electron chi connectivity index (χ0n) is 8.29. The van der Waals surface area contributed by atoms with Gasteiger partial charge in [0, 0.05) is 5.56 Å². The third-order valence-corrected chi connectivity index (χ3v) is 4.40. The molecule has 0 fully saturated rings. The van der Waals surface area contributed by atoms with Gasteiger partial charge in [-0.15, -0.1) is 0 Å². The summed E-state index contributed by atoms with van der Waals surface area (Å²) in [5.41, 5.74) is 1.49. The third kappa shape index (κ3) is 4.58. The molecule has 0 bridgehead atoms. The van der Waals surface area contributed by atoms with E-state index in [1.807, 2.05) is 0 Å². The molecule has 1 aromatic rings. The van der Waals surface area contributed by atoms with E-state index in [0.29, 0.717) is 10.9 Å². The first-order valence-electron chi connectivity index (χ1n) is 4.54. The molecule has 0 nitrogen and oxygen atoms in total. The van der Waals surface area contributed by atoms with Gasteiger partial charge in [0.1, 0.15) is 17.3 Å². The molecule has 0 unspecified atom stereocenters. The molecule has 0 N–H and O–H groups in total. The van der Waals surface area contributed by atoms with Crippen molar-refractivity contribution in [2.75, 3.05) is 11.5 Å². The van der Waals surface area contributed by atoms with Crippen LogP contribution in [0.4, 0.5) is 0 Å². The quantitative estimate of drug-likeness (QED) is 0.615. The zero-order chi connectivity index (χ0) is 8.81. The van der Waals surface area contributed by atoms with Crippen molar-refractivity contribution >= 4 is 10.9 Å². The molecule has 0 radical (unpaired) electrons. The van der Waals surface area contributed by atoms with Crippen molar-refractivity contribution in [1.29, 1.82) is 0 Å². The number of halogens is 1. The Morgan fingerprint density at radius 1 is 1.00 bits per heavy atom. The van der Waals surface area contributed by atoms with E-state index in [2.05, 4.69) is 44.2 Å². The summed E-state index contributed by atoms with van der Waals surface area (Å²) < 4.78 is 0. The fraction of sp³-hybridized carbons (Fsp3) is 0.455. The number of rotatable bonds is 4. The van der Waals surface area contributed by atoms with Gasteiger partial charge in [-0.1, -0.05) is 30.3 Å². The Morgan fingerprint density at radius 3 is 2.00 bits per heavy atom. The van der Waals surface area contributed by atoms with E-state index in [0.717, 1.165) is 0 Å². The van der Waals surface area contributed by atoms with E-state index in [9.17, 15) is 0 Å². The van der Waals surface area contributed by atoms with Crippen LogP contribution in [0.1, 0.15) is 19.4 Å². The molecule has 0 heterocycles. The first kappa shape index (κ1) is 12.9. The van der Waals surface area contributed by atoms with Gasteiger partial charge in [-0.25, -0.2) is 0 Å². The van der Waals surface area contributed by atoms with Crippen LogP contribution in [0.3, 0.4) is 0 Å². The standard InChI is InChI=1S/C11H17S.ClH/c1-3-12(4-2)10-11-8-6-5-7-9-11;/h5-9H,3-4,10H2,1-2H3;1H/q+1;/p-1. The predicted molar refractivity (Wildman–Crippen MR) is 58.6 cm³/mol. The molecule has 0 aromatic heterocycles. The van der Waals surface area contributed by atoms with Crippen LogP contribution < -0.4 is 12.4 Å². The van der Waals surface area contributed by atoms with Crippen LogP contribution in [0.15, 0.2) is 30.3 Å². The van der Waals surface area contributed by atoms with Crippen LogP contribution in [0.25, 0.3) is 0 Å². The first-order chi connectivity index (χ1) is 5.86. The summed E-state index contributed by atoms with van der Waals surface area (Å²) in [4.78, 5) is 0. The smallest absolute Gasteiger partial charge is 0.133 e. The molecule has 0 atom stereocenters. The Morgan fingerprint density at radius 2 is 1.54 bits per heavy atom. The summed E-state index contributed by atoms with van der Waals surface area (Å²) in [6.07, 6.45) is 0. The predicted octanol–water partition coefficient (Wildman–Crippen LogP) is -0.151. The molecule has 0 amide bonds. The maximum Gasteiger partial charge on any atom is 0.133 e. The summed E-state index contributed by atoms with van der Waals surface area (Å²) in [6.45, 7) is 4.57. The first-order valence-corrected chi connectivity index (χ1v) is 6.28. The summed E-state index contributed by atoms with van der Waals surface area (Å²) in [5.74, 6) is 3.92. The molecule has 0 aliphatic rings. The number of hydrogen-bond acceptors (Lipinski definition) is 0. The molecule has 1 aromatic carbocycles. The zero-order valence-corrected chi connectivity index (χ0v) is 9.87. The van der Waals surface area contributed by atoms with E-state index in [1.165, 1.54) is 22.8 Å². The molecule has 0 aliphatic heterocycles. The lowest BCUT2D eigenvalue weighted by atomic mass is 10.2. The Balaban J connectivity index is 0.00000144. The van der Waals surface area contributed by atoms with E-state index in [1.54, 1.807) is 0 Å². The van der Waals surface area contributed by atoms with E-state index in [-0.39, 0.29) is 12.4 Å². The van der Waals surface area contributed by atoms with E-state index >= 15 is 0 Å². The lowest BCUT2D eigenvalue weighted by molar-refractivity contribution is -0.00000260. The summed E-state index contributed by atoms with van der Waals surface area (Å²) in [7, 11) is 0.611. The average molecular weight is 217 g/mol. The van der Waals surface area contributed by atoms with Gasteiger partial charge in [0.25, 0.3) is 0 Å². The number of hydrogen-bond donors (Lipinski definition) is 0. The second-order valence-corrected chi connectivity index (χ2v) is 5.49. The maximum atomic E-state index is 2.29. The highest BCUT2D eigenvalue weighted by atomic mass is 35.5. The van der Waals surface area contributed by atoms with Crippen LogP contribution in [0.5, 0.6) is 0 Å². The molecule has 13 heavy (non-hydrogen) atoms. The minimum Gasteiger partial charge on any atom is -1.00 e. The monoisotopic (exact) mass is 216 g/mol. The van der Waals surface area contributed by atoms with Crippen LogP contribution in [-0.4, -0.2) is 11.5 Å². The van der Waals surface area contributed by atoms with Gasteiger partial charge in [-0.3, -0.25) is 0 Å². The Bertz CT molecular complexity index is 207. The molecule has 0 saturated heterocycles. The van der Waals surface area contributed by atoms with Gasteiger partial charge in [0.15, 0.2) is 0 Å². The highest BCUT2D eigenvalue weighted by molar-refractivity contribution is 7.96. The van der Waals surface area contributed by atoms with Crippen LogP contribution in [-0.2, 0) is 16.6 Å². The Labute approximate surface area is 90.5 Å². The van der Waals surface area contributed by atoms with Gasteiger partial charge in [0.05, 0.1) is 0 Å². The van der Waals surface area contributed by atoms with Crippen LogP contribution in [0, 0.1) is 0 Å². The minimum absolute atomic E-state index is 0. The molecule has 74 valence electrons. The van der Waals surface area contributed by atoms with E-state index < -0.39 is 0 Å². The van der Waals surface area contributed by atoms with Gasteiger partial charge >= 0.3 is 0 Å². The van der Waals surface area contributed by atoms with Crippen molar-refractivity contribution in [3.05, 3.63) is 35.9 Å². The van der Waals surface area contributed by atoms with Crippen molar-refractivity contribution < 1.29 is 12.4 Å². The van der Waals surface area contributed by atoms with Crippen molar-refractivity contribution in [3.8, 4) is 0 Å². The lowest BCUT2D eigenvalue weighted by Crippen LogP contribution is -3.00. The number of benzene rings is 1. The fourth-order valence-corrected chi connectivity index (χ4v) is 2.70. The normalized spacial score (nSPS) is 9.77. The Kier molecular flexibility index (Phi) is 7.20. The van der Waals surface area contributed by atoms with E-state index in [4.69, 9.17) is 0 Å². The van der Waals surface area contributed by atoms with Crippen LogP contribution in [0.2, 0.25) is 0 Å². The molecule has 0 saturated carbocycles. The molecular weight excluding hydrogens is 200 g/mol. The Hall–Kier alpha value is -0.140. The van der Waals surface area contributed by atoms with Crippen molar-refractivity contribution in [1.82, 2.24) is 0 Å². The topological polar surface area (TPSA) is 0 Å². The molecule has 0 aliphatic carbocycles. The third-order valence-electron chi connectivity index (χ3n) is 2.03. The van der Waals surface area contributed by atoms with Crippen LogP contribution >= 0.6 is 0 Å². The summed E-state index contributed by atoms with van der Waals surface area (Å²) in [6, 6.07) is 10.8. The van der Waals surface area contributed by atoms with Crippen molar-refractivity contribution in [3.63, 3.8) is 0 Å². The molecule has 1 rings (SSSR count). The van der Waals surface area contributed by atoms with Gasteiger partial charge < -0.3 is 12.4 Å². The highest BCUT2D eigenvalue weighted by Crippen LogP contribution is 2.08. The maximum absolute atomic E-state index is 2.29. The molecule has 0 spiro atoms. The second-order valence-electron chi connectivity index (χ2n) is 2.82. The minimum atomic E-state index is 0. The van der Waals surface area contributed by atoms with Gasteiger partial charge in [-0.2, -0.15) is 0 Å². The van der Waals surface area contributed by atoms with Crippen molar-refractivity contribution in [2.24, 2.45) is 0 Å². The lowest BCUT2D eigenvalue weighted by Gasteiger charge is -2.03. The SMILES string of the molecule is CC[S+](CC)Cc1ccccc1.[Cl-]. The van der Waals surface area contributed by atoms with Gasteiger partial charge in [-0.05, 0) is 24.7 Å². The molecule has 2 heteroatoms. The summed E-state index contributed by atoms with van der Waals surface area (Å²) in [5, 5.41) is 0. The second kappa shape index (κ2) is 7.28. The fourth-order valence-electron chi connectivity index (χ4n) is 1.22. The largest absolute Gasteiger partial charge is 1.00 e. The van der Waals surface area contributed by atoms with Crippen molar-refractivity contribution in [2.45, 2.75) is 19.6 Å². The van der Waals surface area contributed by atoms with Gasteiger partial charge in [0.2, 0.25) is 0 Å². The highest BCUT2D eigenvalue weighted by Gasteiger charge is 2.11. The average Bonchev–Trinajstić information content (AvgIpc) is 2.16. The molecular formula is C11H17ClS. The summed E-state index contributed by atoms with van der Waals surface area (Å²) >= 11 is 0.